The number of benzene rings is 4. The third-order valence-corrected chi connectivity index (χ3v) is 6.64. The molecule has 0 aliphatic heterocycles. The molecule has 0 N–H and O–H groups in total. The molecular weight excluding hydrogens is 475 g/mol. The predicted molar refractivity (Wildman–Crippen MR) is 146 cm³/mol. The molecular formula is C30H18Cl2N2O. The Hall–Kier alpha value is -3.92. The van der Waals surface area contributed by atoms with E-state index in [2.05, 4.69) is 0 Å². The summed E-state index contributed by atoms with van der Waals surface area (Å²) in [5.74, 6) is 0.578. The van der Waals surface area contributed by atoms with Crippen LogP contribution in [0.5, 0.6) is 0 Å². The van der Waals surface area contributed by atoms with Crippen LogP contribution in [0.25, 0.3) is 49.9 Å². The molecule has 5 heteroatoms. The van der Waals surface area contributed by atoms with E-state index < -0.39 is 0 Å². The van der Waals surface area contributed by atoms with Crippen LogP contribution in [0.1, 0.15) is 0 Å². The quantitative estimate of drug-likeness (QED) is 0.249. The zero-order valence-corrected chi connectivity index (χ0v) is 20.0. The molecule has 4 aromatic carbocycles. The first-order valence-electron chi connectivity index (χ1n) is 11.2. The molecule has 0 saturated carbocycles. The van der Waals surface area contributed by atoms with Gasteiger partial charge in [-0.25, -0.2) is 4.98 Å². The molecule has 168 valence electrons. The highest BCUT2D eigenvalue weighted by Gasteiger charge is 2.17. The van der Waals surface area contributed by atoms with Crippen molar-refractivity contribution in [2.45, 2.75) is 0 Å². The fraction of sp³-hybridized carbons (Fsp3) is 0. The molecule has 0 spiro atoms. The average Bonchev–Trinajstić information content (AvgIpc) is 2.89. The predicted octanol–water partition coefficient (Wildman–Crippen LogP) is 8.18. The van der Waals surface area contributed by atoms with Crippen LogP contribution in [-0.4, -0.2) is 9.55 Å². The van der Waals surface area contributed by atoms with Gasteiger partial charge in [0.25, 0.3) is 5.56 Å². The number of nitrogens with zero attached hydrogens (tertiary/aromatic N) is 2. The minimum absolute atomic E-state index is 0.126. The minimum atomic E-state index is -0.126. The van der Waals surface area contributed by atoms with Crippen molar-refractivity contribution in [3.05, 3.63) is 130 Å². The highest BCUT2D eigenvalue weighted by atomic mass is 35.5. The van der Waals surface area contributed by atoms with E-state index in [1.807, 2.05) is 109 Å². The number of halogens is 2. The average molecular weight is 493 g/mol. The fourth-order valence-corrected chi connectivity index (χ4v) is 4.67. The van der Waals surface area contributed by atoms with Crippen LogP contribution in [0.3, 0.4) is 0 Å². The Bertz CT molecular complexity index is 1770. The fourth-order valence-electron chi connectivity index (χ4n) is 4.42. The molecule has 0 atom stereocenters. The third-order valence-electron chi connectivity index (χ3n) is 6.14. The van der Waals surface area contributed by atoms with E-state index in [4.69, 9.17) is 28.2 Å². The van der Waals surface area contributed by atoms with Gasteiger partial charge in [0.1, 0.15) is 5.82 Å². The third kappa shape index (κ3) is 3.89. The first-order valence-corrected chi connectivity index (χ1v) is 11.9. The summed E-state index contributed by atoms with van der Waals surface area (Å²) >= 11 is 12.3. The van der Waals surface area contributed by atoms with Gasteiger partial charge in [-0.1, -0.05) is 89.9 Å². The van der Waals surface area contributed by atoms with E-state index in [9.17, 15) is 4.79 Å². The maximum atomic E-state index is 14.0. The Morgan fingerprint density at radius 2 is 1.14 bits per heavy atom. The van der Waals surface area contributed by atoms with Crippen LogP contribution >= 0.6 is 23.2 Å². The number of rotatable bonds is 3. The molecule has 2 aromatic heterocycles. The van der Waals surface area contributed by atoms with Crippen molar-refractivity contribution in [3.8, 4) is 28.3 Å². The van der Waals surface area contributed by atoms with Gasteiger partial charge in [-0.3, -0.25) is 9.36 Å². The van der Waals surface area contributed by atoms with Gasteiger partial charge in [0.05, 0.1) is 11.4 Å². The SMILES string of the molecule is O=c1c2ccccc2cc(-c2ccc(Cl)cc2)n1-c1nc(-c2ccc(Cl)cc2)cc2ccccc12. The smallest absolute Gasteiger partial charge is 0.264 e. The molecule has 6 aromatic rings. The highest BCUT2D eigenvalue weighted by Crippen LogP contribution is 2.31. The number of pyridine rings is 2. The lowest BCUT2D eigenvalue weighted by Gasteiger charge is -2.17. The van der Waals surface area contributed by atoms with E-state index in [1.54, 1.807) is 4.57 Å². The summed E-state index contributed by atoms with van der Waals surface area (Å²) in [6.07, 6.45) is 0. The van der Waals surface area contributed by atoms with Gasteiger partial charge in [-0.2, -0.15) is 0 Å². The number of hydrogen-bond donors (Lipinski definition) is 0. The molecule has 0 amide bonds. The van der Waals surface area contributed by atoms with Crippen molar-refractivity contribution in [2.24, 2.45) is 0 Å². The Morgan fingerprint density at radius 3 is 1.80 bits per heavy atom. The lowest BCUT2D eigenvalue weighted by atomic mass is 10.0. The Kier molecular flexibility index (Phi) is 5.37. The van der Waals surface area contributed by atoms with E-state index in [1.165, 1.54) is 0 Å². The maximum absolute atomic E-state index is 14.0. The summed E-state index contributed by atoms with van der Waals surface area (Å²) in [4.78, 5) is 19.0. The molecule has 35 heavy (non-hydrogen) atoms. The van der Waals surface area contributed by atoms with E-state index in [-0.39, 0.29) is 5.56 Å². The van der Waals surface area contributed by atoms with Gasteiger partial charge >= 0.3 is 0 Å². The van der Waals surface area contributed by atoms with Gasteiger partial charge in [0, 0.05) is 26.4 Å². The molecule has 0 aliphatic rings. The molecule has 0 unspecified atom stereocenters. The number of hydrogen-bond acceptors (Lipinski definition) is 2. The Balaban J connectivity index is 1.73. The molecule has 3 nitrogen and oxygen atoms in total. The lowest BCUT2D eigenvalue weighted by Crippen LogP contribution is -2.22. The second-order valence-electron chi connectivity index (χ2n) is 8.32. The van der Waals surface area contributed by atoms with Crippen molar-refractivity contribution >= 4 is 44.7 Å². The van der Waals surface area contributed by atoms with Gasteiger partial charge in [0.2, 0.25) is 0 Å². The second-order valence-corrected chi connectivity index (χ2v) is 9.20. The first-order chi connectivity index (χ1) is 17.1. The number of aromatic nitrogens is 2. The second kappa shape index (κ2) is 8.70. The van der Waals surface area contributed by atoms with E-state index in [0.717, 1.165) is 38.7 Å². The standard InChI is InChI=1S/C30H18Cl2N2O/c31-23-13-9-19(10-14-23)27-17-21-5-1-3-7-25(21)29(33-27)34-28(20-11-15-24(32)16-12-20)18-22-6-2-4-8-26(22)30(34)35/h1-18H. The van der Waals surface area contributed by atoms with E-state index >= 15 is 0 Å². The summed E-state index contributed by atoms with van der Waals surface area (Å²) in [5.41, 5.74) is 3.18. The Labute approximate surface area is 211 Å². The van der Waals surface area contributed by atoms with Gasteiger partial charge in [-0.05, 0) is 58.8 Å². The zero-order chi connectivity index (χ0) is 23.9. The summed E-state index contributed by atoms with van der Waals surface area (Å²) in [6, 6.07) is 34.7. The largest absolute Gasteiger partial charge is 0.268 e. The van der Waals surface area contributed by atoms with Crippen molar-refractivity contribution in [1.82, 2.24) is 9.55 Å². The zero-order valence-electron chi connectivity index (χ0n) is 18.5. The summed E-state index contributed by atoms with van der Waals surface area (Å²) in [6.45, 7) is 0. The molecule has 0 aliphatic carbocycles. The summed E-state index contributed by atoms with van der Waals surface area (Å²) < 4.78 is 1.72. The topological polar surface area (TPSA) is 34.9 Å². The monoisotopic (exact) mass is 492 g/mol. The summed E-state index contributed by atoms with van der Waals surface area (Å²) in [5, 5.41) is 4.68. The van der Waals surface area contributed by atoms with Crippen molar-refractivity contribution in [3.63, 3.8) is 0 Å². The normalized spacial score (nSPS) is 11.3. The van der Waals surface area contributed by atoms with Crippen molar-refractivity contribution < 1.29 is 0 Å². The van der Waals surface area contributed by atoms with E-state index in [0.29, 0.717) is 21.2 Å². The maximum Gasteiger partial charge on any atom is 0.264 e. The van der Waals surface area contributed by atoms with Crippen LogP contribution in [-0.2, 0) is 0 Å². The molecule has 0 fully saturated rings. The Morgan fingerprint density at radius 1 is 0.600 bits per heavy atom. The molecule has 2 heterocycles. The van der Waals surface area contributed by atoms with Crippen LogP contribution in [0.15, 0.2) is 114 Å². The van der Waals surface area contributed by atoms with Crippen LogP contribution < -0.4 is 5.56 Å². The summed E-state index contributed by atoms with van der Waals surface area (Å²) in [7, 11) is 0. The highest BCUT2D eigenvalue weighted by molar-refractivity contribution is 6.31. The van der Waals surface area contributed by atoms with Gasteiger partial charge in [0.15, 0.2) is 0 Å². The molecule has 0 bridgehead atoms. The molecule has 0 radical (unpaired) electrons. The van der Waals surface area contributed by atoms with Gasteiger partial charge < -0.3 is 0 Å². The lowest BCUT2D eigenvalue weighted by molar-refractivity contribution is 0.978. The molecule has 0 saturated heterocycles. The van der Waals surface area contributed by atoms with Crippen LogP contribution in [0.2, 0.25) is 10.0 Å². The number of fused-ring (bicyclic) bond motifs is 2. The van der Waals surface area contributed by atoms with Crippen LogP contribution in [0, 0.1) is 0 Å². The van der Waals surface area contributed by atoms with Crippen molar-refractivity contribution in [1.29, 1.82) is 0 Å². The van der Waals surface area contributed by atoms with Crippen molar-refractivity contribution in [2.75, 3.05) is 0 Å². The first kappa shape index (κ1) is 21.6. The molecule has 6 rings (SSSR count). The minimum Gasteiger partial charge on any atom is -0.268 e. The van der Waals surface area contributed by atoms with Crippen LogP contribution in [0.4, 0.5) is 0 Å². The van der Waals surface area contributed by atoms with Gasteiger partial charge in [-0.15, -0.1) is 0 Å².